The van der Waals surface area contributed by atoms with Gasteiger partial charge in [0.1, 0.15) is 0 Å². The number of hydrogen-bond acceptors (Lipinski definition) is 2. The Balaban J connectivity index is 1.80. The lowest BCUT2D eigenvalue weighted by Crippen LogP contribution is -2.24. The molecule has 2 aromatic carbocycles. The largest absolute Gasteiger partial charge is 0.330 e. The normalized spacial score (nSPS) is 23.6. The number of thioether (sulfide) groups is 1. The van der Waals surface area contributed by atoms with Crippen LogP contribution < -0.4 is 5.73 Å². The first kappa shape index (κ1) is 14.0. The van der Waals surface area contributed by atoms with Crippen LogP contribution in [-0.2, 0) is 0 Å². The van der Waals surface area contributed by atoms with Gasteiger partial charge in [-0.3, -0.25) is 0 Å². The van der Waals surface area contributed by atoms with E-state index in [0.717, 1.165) is 6.54 Å². The summed E-state index contributed by atoms with van der Waals surface area (Å²) >= 11 is 2.05. The standard InChI is InChI=1S/C18H23NS/c19-13-16-8-2-1-3-9-18(16)20-17-11-10-14-6-4-5-7-15(14)12-17/h4-7,10-12,16,18H,1-3,8-9,13,19H2. The van der Waals surface area contributed by atoms with Crippen molar-refractivity contribution in [3.05, 3.63) is 42.5 Å². The third-order valence-corrected chi connectivity index (χ3v) is 5.85. The molecule has 1 fully saturated rings. The average Bonchev–Trinajstić information content (AvgIpc) is 2.72. The van der Waals surface area contributed by atoms with E-state index in [4.69, 9.17) is 5.73 Å². The predicted octanol–water partition coefficient (Wildman–Crippen LogP) is 4.84. The van der Waals surface area contributed by atoms with Crippen LogP contribution in [0.1, 0.15) is 32.1 Å². The van der Waals surface area contributed by atoms with Gasteiger partial charge < -0.3 is 5.73 Å². The molecule has 2 N–H and O–H groups in total. The summed E-state index contributed by atoms with van der Waals surface area (Å²) in [4.78, 5) is 1.40. The molecule has 0 spiro atoms. The molecule has 2 atom stereocenters. The third-order valence-electron chi connectivity index (χ3n) is 4.40. The number of rotatable bonds is 3. The maximum Gasteiger partial charge on any atom is 0.0135 e. The lowest BCUT2D eigenvalue weighted by molar-refractivity contribution is 0.483. The monoisotopic (exact) mass is 285 g/mol. The molecule has 0 heterocycles. The van der Waals surface area contributed by atoms with Crippen molar-refractivity contribution in [2.45, 2.75) is 42.2 Å². The van der Waals surface area contributed by atoms with E-state index in [9.17, 15) is 0 Å². The predicted molar refractivity (Wildman–Crippen MR) is 89.2 cm³/mol. The highest BCUT2D eigenvalue weighted by Crippen LogP contribution is 2.37. The number of nitrogens with two attached hydrogens (primary N) is 1. The minimum Gasteiger partial charge on any atom is -0.330 e. The van der Waals surface area contributed by atoms with E-state index in [-0.39, 0.29) is 0 Å². The first-order chi connectivity index (χ1) is 9.86. The molecule has 2 heteroatoms. The second-order valence-electron chi connectivity index (χ2n) is 5.80. The van der Waals surface area contributed by atoms with Gasteiger partial charge in [0.25, 0.3) is 0 Å². The van der Waals surface area contributed by atoms with Gasteiger partial charge in [0.2, 0.25) is 0 Å². The molecule has 1 saturated carbocycles. The number of fused-ring (bicyclic) bond motifs is 1. The number of hydrogen-bond donors (Lipinski definition) is 1. The summed E-state index contributed by atoms with van der Waals surface area (Å²) in [5.74, 6) is 0.689. The zero-order valence-electron chi connectivity index (χ0n) is 11.9. The van der Waals surface area contributed by atoms with Crippen LogP contribution in [-0.4, -0.2) is 11.8 Å². The molecule has 106 valence electrons. The topological polar surface area (TPSA) is 26.0 Å². The Hall–Kier alpha value is -0.990. The Labute approximate surface area is 125 Å². The summed E-state index contributed by atoms with van der Waals surface area (Å²) in [5.41, 5.74) is 5.99. The second kappa shape index (κ2) is 6.64. The van der Waals surface area contributed by atoms with Crippen molar-refractivity contribution in [2.24, 2.45) is 11.7 Å². The highest BCUT2D eigenvalue weighted by Gasteiger charge is 2.23. The van der Waals surface area contributed by atoms with Gasteiger partial charge in [0, 0.05) is 10.1 Å². The maximum atomic E-state index is 5.99. The molecule has 0 aromatic heterocycles. The summed E-state index contributed by atoms with van der Waals surface area (Å²) in [5, 5.41) is 3.37. The molecule has 20 heavy (non-hydrogen) atoms. The van der Waals surface area contributed by atoms with Crippen LogP contribution in [0.5, 0.6) is 0 Å². The van der Waals surface area contributed by atoms with Crippen LogP contribution >= 0.6 is 11.8 Å². The van der Waals surface area contributed by atoms with E-state index in [1.165, 1.54) is 47.8 Å². The van der Waals surface area contributed by atoms with Crippen LogP contribution in [0.25, 0.3) is 10.8 Å². The van der Waals surface area contributed by atoms with Crippen LogP contribution in [0.2, 0.25) is 0 Å². The second-order valence-corrected chi connectivity index (χ2v) is 7.11. The van der Waals surface area contributed by atoms with Crippen LogP contribution in [0.15, 0.2) is 47.4 Å². The molecule has 0 aliphatic heterocycles. The molecule has 2 unspecified atom stereocenters. The fraction of sp³-hybridized carbons (Fsp3) is 0.444. The van der Waals surface area contributed by atoms with Crippen molar-refractivity contribution in [1.29, 1.82) is 0 Å². The van der Waals surface area contributed by atoms with Crippen molar-refractivity contribution in [3.8, 4) is 0 Å². The lowest BCUT2D eigenvalue weighted by Gasteiger charge is -2.23. The van der Waals surface area contributed by atoms with Crippen molar-refractivity contribution in [1.82, 2.24) is 0 Å². The highest BCUT2D eigenvalue weighted by molar-refractivity contribution is 8.00. The molecular formula is C18H23NS. The summed E-state index contributed by atoms with van der Waals surface area (Å²) < 4.78 is 0. The highest BCUT2D eigenvalue weighted by atomic mass is 32.2. The van der Waals surface area contributed by atoms with Gasteiger partial charge in [0.15, 0.2) is 0 Å². The first-order valence-corrected chi connectivity index (χ1v) is 8.60. The molecule has 1 aliphatic rings. The average molecular weight is 285 g/mol. The minimum absolute atomic E-state index is 0.689. The van der Waals surface area contributed by atoms with Crippen LogP contribution in [0.3, 0.4) is 0 Å². The van der Waals surface area contributed by atoms with Crippen LogP contribution in [0, 0.1) is 5.92 Å². The smallest absolute Gasteiger partial charge is 0.0135 e. The molecule has 0 saturated heterocycles. The lowest BCUT2D eigenvalue weighted by atomic mass is 10.0. The van der Waals surface area contributed by atoms with Crippen molar-refractivity contribution in [3.63, 3.8) is 0 Å². The zero-order chi connectivity index (χ0) is 13.8. The maximum absolute atomic E-state index is 5.99. The van der Waals surface area contributed by atoms with Gasteiger partial charge in [-0.05, 0) is 48.2 Å². The fourth-order valence-electron chi connectivity index (χ4n) is 3.19. The van der Waals surface area contributed by atoms with Crippen molar-refractivity contribution in [2.75, 3.05) is 6.54 Å². The van der Waals surface area contributed by atoms with Crippen molar-refractivity contribution < 1.29 is 0 Å². The Morgan fingerprint density at radius 3 is 2.60 bits per heavy atom. The van der Waals surface area contributed by atoms with Crippen molar-refractivity contribution >= 4 is 22.5 Å². The Kier molecular flexibility index (Phi) is 4.64. The Bertz CT molecular complexity index is 566. The molecule has 3 rings (SSSR count). The molecule has 0 amide bonds. The summed E-state index contributed by atoms with van der Waals surface area (Å²) in [6, 6.07) is 15.4. The SMILES string of the molecule is NCC1CCCCCC1Sc1ccc2ccccc2c1. The van der Waals surface area contributed by atoms with E-state index in [1.54, 1.807) is 0 Å². The van der Waals surface area contributed by atoms with Gasteiger partial charge >= 0.3 is 0 Å². The van der Waals surface area contributed by atoms with Gasteiger partial charge in [-0.15, -0.1) is 11.8 Å². The summed E-state index contributed by atoms with van der Waals surface area (Å²) in [7, 11) is 0. The molecule has 0 radical (unpaired) electrons. The van der Waals surface area contributed by atoms with Gasteiger partial charge in [-0.25, -0.2) is 0 Å². The Morgan fingerprint density at radius 1 is 0.950 bits per heavy atom. The molecule has 1 nitrogen and oxygen atoms in total. The first-order valence-electron chi connectivity index (χ1n) is 7.72. The van der Waals surface area contributed by atoms with Gasteiger partial charge in [-0.1, -0.05) is 49.6 Å². The fourth-order valence-corrected chi connectivity index (χ4v) is 4.61. The Morgan fingerprint density at radius 2 is 1.75 bits per heavy atom. The molecule has 2 aromatic rings. The molecular weight excluding hydrogens is 262 g/mol. The van der Waals surface area contributed by atoms with E-state index >= 15 is 0 Å². The van der Waals surface area contributed by atoms with E-state index in [2.05, 4.69) is 42.5 Å². The molecule has 1 aliphatic carbocycles. The third kappa shape index (κ3) is 3.18. The minimum atomic E-state index is 0.689. The quantitative estimate of drug-likeness (QED) is 0.817. The van der Waals surface area contributed by atoms with E-state index in [1.807, 2.05) is 11.8 Å². The zero-order valence-corrected chi connectivity index (χ0v) is 12.7. The summed E-state index contributed by atoms with van der Waals surface area (Å²) in [6.07, 6.45) is 6.73. The molecule has 0 bridgehead atoms. The van der Waals surface area contributed by atoms with Gasteiger partial charge in [-0.2, -0.15) is 0 Å². The van der Waals surface area contributed by atoms with E-state index < -0.39 is 0 Å². The number of benzene rings is 2. The van der Waals surface area contributed by atoms with E-state index in [0.29, 0.717) is 11.2 Å². The van der Waals surface area contributed by atoms with Crippen LogP contribution in [0.4, 0.5) is 0 Å². The summed E-state index contributed by atoms with van der Waals surface area (Å²) in [6.45, 7) is 0.839. The van der Waals surface area contributed by atoms with Gasteiger partial charge in [0.05, 0.1) is 0 Å².